The third-order valence-corrected chi connectivity index (χ3v) is 3.27. The van der Waals surface area contributed by atoms with E-state index in [9.17, 15) is 0 Å². The molecule has 0 radical (unpaired) electrons. The Morgan fingerprint density at radius 3 is 3.00 bits per heavy atom. The topological polar surface area (TPSA) is 29.9 Å². The van der Waals surface area contributed by atoms with E-state index in [4.69, 9.17) is 0 Å². The van der Waals surface area contributed by atoms with Gasteiger partial charge in [-0.15, -0.1) is 0 Å². The van der Waals surface area contributed by atoms with Crippen LogP contribution >= 0.6 is 15.9 Å². The third kappa shape index (κ3) is 2.58. The van der Waals surface area contributed by atoms with Gasteiger partial charge in [0, 0.05) is 13.1 Å². The quantitative estimate of drug-likeness (QED) is 0.817. The first kappa shape index (κ1) is 10.2. The molecule has 0 spiro atoms. The highest BCUT2D eigenvalue weighted by Crippen LogP contribution is 2.19. The highest BCUT2D eigenvalue weighted by atomic mass is 79.9. The Morgan fingerprint density at radius 2 is 2.43 bits per heavy atom. The molecular formula is C10H16BrN3. The Kier molecular flexibility index (Phi) is 3.23. The molecule has 0 atom stereocenters. The molecule has 0 unspecified atom stereocenters. The van der Waals surface area contributed by atoms with Crippen LogP contribution in [0, 0.1) is 0 Å². The minimum atomic E-state index is 0.824. The summed E-state index contributed by atoms with van der Waals surface area (Å²) in [6.45, 7) is 1.13. The molecule has 1 aromatic heterocycles. The van der Waals surface area contributed by atoms with Crippen LogP contribution in [0.2, 0.25) is 0 Å². The highest BCUT2D eigenvalue weighted by molar-refractivity contribution is 9.10. The number of aryl methyl sites for hydroxylation is 1. The summed E-state index contributed by atoms with van der Waals surface area (Å²) in [5, 5.41) is 7.70. The van der Waals surface area contributed by atoms with Crippen molar-refractivity contribution in [3.05, 3.63) is 16.4 Å². The monoisotopic (exact) mass is 257 g/mol. The predicted octanol–water partition coefficient (Wildman–Crippen LogP) is 1.87. The van der Waals surface area contributed by atoms with E-state index in [0.717, 1.165) is 23.5 Å². The van der Waals surface area contributed by atoms with Crippen molar-refractivity contribution in [1.29, 1.82) is 0 Å². The number of rotatable bonds is 5. The standard InChI is InChI=1S/C10H16BrN3/c1-14-10(9(11)7-13-14)3-2-6-12-8-4-5-8/h7-8,12H,2-6H2,1H3. The predicted molar refractivity (Wildman–Crippen MR) is 60.3 cm³/mol. The van der Waals surface area contributed by atoms with Crippen molar-refractivity contribution in [2.45, 2.75) is 31.7 Å². The molecule has 3 nitrogen and oxygen atoms in total. The van der Waals surface area contributed by atoms with Gasteiger partial charge in [0.05, 0.1) is 16.4 Å². The number of nitrogens with zero attached hydrogens (tertiary/aromatic N) is 2. The van der Waals surface area contributed by atoms with E-state index in [2.05, 4.69) is 26.3 Å². The smallest absolute Gasteiger partial charge is 0.0635 e. The van der Waals surface area contributed by atoms with Gasteiger partial charge in [-0.3, -0.25) is 4.68 Å². The van der Waals surface area contributed by atoms with Gasteiger partial charge in [-0.2, -0.15) is 5.10 Å². The van der Waals surface area contributed by atoms with Crippen molar-refractivity contribution in [2.75, 3.05) is 6.54 Å². The summed E-state index contributed by atoms with van der Waals surface area (Å²) in [5.74, 6) is 0. The van der Waals surface area contributed by atoms with Gasteiger partial charge in [0.2, 0.25) is 0 Å². The van der Waals surface area contributed by atoms with Crippen LogP contribution < -0.4 is 5.32 Å². The largest absolute Gasteiger partial charge is 0.314 e. The molecule has 4 heteroatoms. The first-order valence-corrected chi connectivity index (χ1v) is 5.96. The molecule has 1 heterocycles. The fourth-order valence-electron chi connectivity index (χ4n) is 1.57. The summed E-state index contributed by atoms with van der Waals surface area (Å²) in [5.41, 5.74) is 1.29. The summed E-state index contributed by atoms with van der Waals surface area (Å²) >= 11 is 3.51. The minimum absolute atomic E-state index is 0.824. The van der Waals surface area contributed by atoms with E-state index in [1.54, 1.807) is 0 Å². The number of halogens is 1. The zero-order chi connectivity index (χ0) is 9.97. The molecule has 0 aliphatic heterocycles. The second kappa shape index (κ2) is 4.45. The van der Waals surface area contributed by atoms with Gasteiger partial charge in [0.25, 0.3) is 0 Å². The van der Waals surface area contributed by atoms with Crippen LogP contribution in [-0.2, 0) is 13.5 Å². The number of aromatic nitrogens is 2. The molecule has 0 amide bonds. The van der Waals surface area contributed by atoms with Crippen LogP contribution in [0.3, 0.4) is 0 Å². The number of hydrogen-bond donors (Lipinski definition) is 1. The van der Waals surface area contributed by atoms with Crippen molar-refractivity contribution in [3.63, 3.8) is 0 Å². The van der Waals surface area contributed by atoms with Crippen LogP contribution in [0.5, 0.6) is 0 Å². The molecule has 1 aliphatic carbocycles. The summed E-state index contributed by atoms with van der Waals surface area (Å²) in [6, 6.07) is 0.824. The zero-order valence-electron chi connectivity index (χ0n) is 8.46. The lowest BCUT2D eigenvalue weighted by Gasteiger charge is -2.04. The maximum atomic E-state index is 4.19. The van der Waals surface area contributed by atoms with Gasteiger partial charge in [0.1, 0.15) is 0 Å². The van der Waals surface area contributed by atoms with E-state index in [1.165, 1.54) is 25.0 Å². The lowest BCUT2D eigenvalue weighted by atomic mass is 10.2. The third-order valence-electron chi connectivity index (χ3n) is 2.61. The van der Waals surface area contributed by atoms with Gasteiger partial charge in [-0.25, -0.2) is 0 Å². The van der Waals surface area contributed by atoms with Gasteiger partial charge in [-0.05, 0) is 48.2 Å². The molecule has 0 aromatic carbocycles. The van der Waals surface area contributed by atoms with E-state index < -0.39 is 0 Å². The molecule has 0 saturated heterocycles. The zero-order valence-corrected chi connectivity index (χ0v) is 10.0. The van der Waals surface area contributed by atoms with Crippen molar-refractivity contribution in [1.82, 2.24) is 15.1 Å². The first-order valence-electron chi connectivity index (χ1n) is 5.17. The Balaban J connectivity index is 1.73. The van der Waals surface area contributed by atoms with Crippen molar-refractivity contribution >= 4 is 15.9 Å². The lowest BCUT2D eigenvalue weighted by Crippen LogP contribution is -2.18. The maximum absolute atomic E-state index is 4.19. The SMILES string of the molecule is Cn1ncc(Br)c1CCCNC1CC1. The fraction of sp³-hybridized carbons (Fsp3) is 0.700. The molecular weight excluding hydrogens is 242 g/mol. The van der Waals surface area contributed by atoms with Crippen molar-refractivity contribution < 1.29 is 0 Å². The van der Waals surface area contributed by atoms with E-state index in [0.29, 0.717) is 0 Å². The molecule has 1 N–H and O–H groups in total. The minimum Gasteiger partial charge on any atom is -0.314 e. The van der Waals surface area contributed by atoms with E-state index in [-0.39, 0.29) is 0 Å². The Bertz CT molecular complexity index is 285. The van der Waals surface area contributed by atoms with Crippen molar-refractivity contribution in [2.24, 2.45) is 7.05 Å². The van der Waals surface area contributed by atoms with Gasteiger partial charge in [0.15, 0.2) is 0 Å². The molecule has 1 saturated carbocycles. The second-order valence-corrected chi connectivity index (χ2v) is 4.75. The van der Waals surface area contributed by atoms with Gasteiger partial charge >= 0.3 is 0 Å². The van der Waals surface area contributed by atoms with E-state index >= 15 is 0 Å². The average molecular weight is 258 g/mol. The molecule has 1 aromatic rings. The number of nitrogens with one attached hydrogen (secondary N) is 1. The van der Waals surface area contributed by atoms with Crippen molar-refractivity contribution in [3.8, 4) is 0 Å². The highest BCUT2D eigenvalue weighted by Gasteiger charge is 2.19. The van der Waals surface area contributed by atoms with E-state index in [1.807, 2.05) is 17.9 Å². The fourth-order valence-corrected chi connectivity index (χ4v) is 2.11. The molecule has 1 fully saturated rings. The summed E-state index contributed by atoms with van der Waals surface area (Å²) in [7, 11) is 1.99. The van der Waals surface area contributed by atoms with Crippen LogP contribution in [0.25, 0.3) is 0 Å². The lowest BCUT2D eigenvalue weighted by molar-refractivity contribution is 0.619. The molecule has 0 bridgehead atoms. The molecule has 1 aliphatic rings. The summed E-state index contributed by atoms with van der Waals surface area (Å²) < 4.78 is 3.08. The van der Waals surface area contributed by atoms with Gasteiger partial charge in [-0.1, -0.05) is 0 Å². The Hall–Kier alpha value is -0.350. The maximum Gasteiger partial charge on any atom is 0.0635 e. The molecule has 2 rings (SSSR count). The van der Waals surface area contributed by atoms with Crippen LogP contribution in [0.4, 0.5) is 0 Å². The average Bonchev–Trinajstić information content (AvgIpc) is 2.93. The first-order chi connectivity index (χ1) is 6.77. The normalized spacial score (nSPS) is 16.1. The summed E-state index contributed by atoms with van der Waals surface area (Å²) in [4.78, 5) is 0. The van der Waals surface area contributed by atoms with Crippen LogP contribution in [0.1, 0.15) is 25.0 Å². The Morgan fingerprint density at radius 1 is 1.64 bits per heavy atom. The molecule has 78 valence electrons. The molecule has 14 heavy (non-hydrogen) atoms. The summed E-state index contributed by atoms with van der Waals surface area (Å²) in [6.07, 6.45) is 6.89. The van der Waals surface area contributed by atoms with Crippen LogP contribution in [0.15, 0.2) is 10.7 Å². The second-order valence-electron chi connectivity index (χ2n) is 3.89. The van der Waals surface area contributed by atoms with Gasteiger partial charge < -0.3 is 5.32 Å². The number of hydrogen-bond acceptors (Lipinski definition) is 2. The Labute approximate surface area is 93.0 Å². The van der Waals surface area contributed by atoms with Crippen LogP contribution in [-0.4, -0.2) is 22.4 Å².